The van der Waals surface area contributed by atoms with E-state index in [2.05, 4.69) is 40.3 Å². The first kappa shape index (κ1) is 22.7. The molecule has 0 aromatic rings. The van der Waals surface area contributed by atoms with Crippen LogP contribution in [0.3, 0.4) is 0 Å². The van der Waals surface area contributed by atoms with Crippen molar-refractivity contribution in [2.45, 2.75) is 91.3 Å². The highest BCUT2D eigenvalue weighted by Gasteiger charge is 2.65. The van der Waals surface area contributed by atoms with E-state index in [9.17, 15) is 20.1 Å². The van der Waals surface area contributed by atoms with E-state index in [1.807, 2.05) is 0 Å². The number of carbonyl (C=O) groups is 1. The quantitative estimate of drug-likeness (QED) is 0.488. The smallest absolute Gasteiger partial charge is 0.310 e. The SMILES string of the molecule is C=C1[C@@H](O)[C@H](O)C[C@@]2(C)[C@H]1CCC1C3CC[C@@]4(C(=O)O)CC[C@@H](C)[C@H](C)C4C3=CC[C@@]12C. The van der Waals surface area contributed by atoms with Crippen molar-refractivity contribution >= 4 is 5.97 Å². The Kier molecular flexibility index (Phi) is 5.09. The Balaban J connectivity index is 1.57. The van der Waals surface area contributed by atoms with Crippen LogP contribution in [0.25, 0.3) is 0 Å². The lowest BCUT2D eigenvalue weighted by molar-refractivity contribution is -0.170. The zero-order chi connectivity index (χ0) is 23.2. The second-order valence-electron chi connectivity index (χ2n) is 12.7. The van der Waals surface area contributed by atoms with Crippen LogP contribution in [0.15, 0.2) is 23.8 Å². The van der Waals surface area contributed by atoms with Crippen LogP contribution in [0.1, 0.15) is 79.1 Å². The van der Waals surface area contributed by atoms with E-state index in [4.69, 9.17) is 0 Å². The highest BCUT2D eigenvalue weighted by atomic mass is 16.4. The average molecular weight is 443 g/mol. The van der Waals surface area contributed by atoms with Gasteiger partial charge in [-0.3, -0.25) is 4.79 Å². The molecule has 0 aromatic heterocycles. The summed E-state index contributed by atoms with van der Waals surface area (Å²) in [5.41, 5.74) is 1.63. The summed E-state index contributed by atoms with van der Waals surface area (Å²) in [5.74, 6) is 1.75. The van der Waals surface area contributed by atoms with Gasteiger partial charge in [-0.1, -0.05) is 45.9 Å². The van der Waals surface area contributed by atoms with Crippen molar-refractivity contribution in [2.24, 2.45) is 51.8 Å². The molecule has 0 spiro atoms. The van der Waals surface area contributed by atoms with Crippen LogP contribution in [-0.4, -0.2) is 33.5 Å². The minimum Gasteiger partial charge on any atom is -0.481 e. The van der Waals surface area contributed by atoms with Gasteiger partial charge in [-0.2, -0.15) is 0 Å². The molecule has 0 bridgehead atoms. The lowest BCUT2D eigenvalue weighted by Crippen LogP contribution is -2.62. The van der Waals surface area contributed by atoms with Gasteiger partial charge in [0.15, 0.2) is 0 Å². The molecule has 5 aliphatic rings. The van der Waals surface area contributed by atoms with E-state index < -0.39 is 23.6 Å². The van der Waals surface area contributed by atoms with Crippen molar-refractivity contribution < 1.29 is 20.1 Å². The largest absolute Gasteiger partial charge is 0.481 e. The number of hydrogen-bond donors (Lipinski definition) is 3. The Morgan fingerprint density at radius 2 is 1.75 bits per heavy atom. The third kappa shape index (κ3) is 2.66. The van der Waals surface area contributed by atoms with Crippen LogP contribution >= 0.6 is 0 Å². The predicted molar refractivity (Wildman–Crippen MR) is 125 cm³/mol. The molecule has 4 heteroatoms. The standard InChI is InChI=1S/C28H42O4/c1-15-8-12-28(25(31)32)13-10-18-19(23(28)16(15)2)9-11-26(4)21(18)7-6-20-17(3)24(30)22(29)14-27(20,26)5/h9,15-16,18,20-24,29-30H,3,6-8,10-14H2,1-2,4-5H3,(H,31,32)/t15-,16+,18?,20+,21?,22-,23?,24-,26+,27+,28+/m1/s1. The van der Waals surface area contributed by atoms with Crippen LogP contribution in [-0.2, 0) is 4.79 Å². The topological polar surface area (TPSA) is 77.8 Å². The highest BCUT2D eigenvalue weighted by Crippen LogP contribution is 2.71. The van der Waals surface area contributed by atoms with Gasteiger partial charge in [-0.05, 0) is 103 Å². The number of carboxylic acid groups (broad SMARTS) is 1. The Bertz CT molecular complexity index is 861. The summed E-state index contributed by atoms with van der Waals surface area (Å²) in [4.78, 5) is 12.6. The number of aliphatic hydroxyl groups is 2. The number of aliphatic carboxylic acids is 1. The molecule has 0 saturated heterocycles. The number of allylic oxidation sites excluding steroid dienone is 2. The summed E-state index contributed by atoms with van der Waals surface area (Å²) >= 11 is 0. The summed E-state index contributed by atoms with van der Waals surface area (Å²) < 4.78 is 0. The van der Waals surface area contributed by atoms with Crippen LogP contribution in [0.4, 0.5) is 0 Å². The average Bonchev–Trinajstić information content (AvgIpc) is 2.74. The van der Waals surface area contributed by atoms with Gasteiger partial charge in [-0.25, -0.2) is 0 Å². The molecule has 5 aliphatic carbocycles. The van der Waals surface area contributed by atoms with Gasteiger partial charge in [0.25, 0.3) is 0 Å². The van der Waals surface area contributed by atoms with Gasteiger partial charge in [-0.15, -0.1) is 0 Å². The van der Waals surface area contributed by atoms with Gasteiger partial charge in [0.05, 0.1) is 11.5 Å². The van der Waals surface area contributed by atoms with Crippen molar-refractivity contribution in [3.8, 4) is 0 Å². The molecule has 3 unspecified atom stereocenters. The summed E-state index contributed by atoms with van der Waals surface area (Å²) in [7, 11) is 0. The second-order valence-corrected chi connectivity index (χ2v) is 12.7. The minimum absolute atomic E-state index is 0.0287. The zero-order valence-electron chi connectivity index (χ0n) is 20.3. The minimum atomic E-state index is -0.807. The first-order chi connectivity index (χ1) is 15.0. The molecule has 32 heavy (non-hydrogen) atoms. The molecule has 4 nitrogen and oxygen atoms in total. The number of carboxylic acids is 1. The van der Waals surface area contributed by atoms with E-state index in [1.54, 1.807) is 0 Å². The summed E-state index contributed by atoms with van der Waals surface area (Å²) in [6, 6.07) is 0. The zero-order valence-corrected chi connectivity index (χ0v) is 20.3. The normalized spacial score (nSPS) is 55.1. The third-order valence-corrected chi connectivity index (χ3v) is 11.9. The maximum atomic E-state index is 12.6. The molecule has 5 rings (SSSR count). The first-order valence-electron chi connectivity index (χ1n) is 13.0. The van der Waals surface area contributed by atoms with Crippen molar-refractivity contribution in [3.63, 3.8) is 0 Å². The molecular formula is C28H42O4. The lowest BCUT2D eigenvalue weighted by atomic mass is 9.38. The maximum absolute atomic E-state index is 12.6. The van der Waals surface area contributed by atoms with E-state index in [0.29, 0.717) is 30.1 Å². The van der Waals surface area contributed by atoms with Crippen molar-refractivity contribution in [3.05, 3.63) is 23.8 Å². The number of hydrogen-bond acceptors (Lipinski definition) is 3. The van der Waals surface area contributed by atoms with Gasteiger partial charge < -0.3 is 15.3 Å². The molecule has 4 saturated carbocycles. The van der Waals surface area contributed by atoms with Crippen molar-refractivity contribution in [1.29, 1.82) is 0 Å². The summed E-state index contributed by atoms with van der Waals surface area (Å²) in [6.45, 7) is 13.6. The monoisotopic (exact) mass is 442 g/mol. The van der Waals surface area contributed by atoms with E-state index in [1.165, 1.54) is 5.57 Å². The van der Waals surface area contributed by atoms with Crippen LogP contribution < -0.4 is 0 Å². The van der Waals surface area contributed by atoms with Crippen LogP contribution in [0.5, 0.6) is 0 Å². The Morgan fingerprint density at radius 3 is 2.44 bits per heavy atom. The fourth-order valence-corrected chi connectivity index (χ4v) is 9.64. The number of fused-ring (bicyclic) bond motifs is 7. The van der Waals surface area contributed by atoms with Crippen LogP contribution in [0, 0.1) is 51.8 Å². The molecular weight excluding hydrogens is 400 g/mol. The molecule has 0 heterocycles. The van der Waals surface area contributed by atoms with Gasteiger partial charge in [0.2, 0.25) is 0 Å². The fourth-order valence-electron chi connectivity index (χ4n) is 9.64. The molecule has 0 aliphatic heterocycles. The van der Waals surface area contributed by atoms with E-state index >= 15 is 0 Å². The molecule has 0 radical (unpaired) electrons. The van der Waals surface area contributed by atoms with Crippen molar-refractivity contribution in [2.75, 3.05) is 0 Å². The highest BCUT2D eigenvalue weighted by molar-refractivity contribution is 5.76. The summed E-state index contributed by atoms with van der Waals surface area (Å²) in [6.07, 6.45) is 8.20. The first-order valence-corrected chi connectivity index (χ1v) is 13.0. The van der Waals surface area contributed by atoms with Gasteiger partial charge in [0.1, 0.15) is 6.10 Å². The van der Waals surface area contributed by atoms with Gasteiger partial charge in [0, 0.05) is 0 Å². The lowest BCUT2D eigenvalue weighted by Gasteiger charge is -2.67. The Hall–Kier alpha value is -1.13. The van der Waals surface area contributed by atoms with E-state index in [-0.39, 0.29) is 22.7 Å². The second kappa shape index (κ2) is 7.18. The molecule has 0 aromatic carbocycles. The molecule has 178 valence electrons. The van der Waals surface area contributed by atoms with Crippen molar-refractivity contribution in [1.82, 2.24) is 0 Å². The maximum Gasteiger partial charge on any atom is 0.310 e. The Morgan fingerprint density at radius 1 is 1.06 bits per heavy atom. The third-order valence-electron chi connectivity index (χ3n) is 11.9. The van der Waals surface area contributed by atoms with E-state index in [0.717, 1.165) is 50.5 Å². The number of rotatable bonds is 1. The summed E-state index contributed by atoms with van der Waals surface area (Å²) in [5, 5.41) is 31.6. The van der Waals surface area contributed by atoms with Crippen LogP contribution in [0.2, 0.25) is 0 Å². The van der Waals surface area contributed by atoms with Gasteiger partial charge >= 0.3 is 5.97 Å². The molecule has 3 N–H and O–H groups in total. The molecule has 11 atom stereocenters. The predicted octanol–water partition coefficient (Wildman–Crippen LogP) is 5.20. The molecule has 0 amide bonds. The number of aliphatic hydroxyl groups excluding tert-OH is 2. The Labute approximate surface area is 193 Å². The fraction of sp³-hybridized carbons (Fsp3) is 0.821. The molecule has 4 fully saturated rings.